The Labute approximate surface area is 175 Å². The van der Waals surface area contributed by atoms with Crippen molar-refractivity contribution in [3.63, 3.8) is 0 Å². The Kier molecular flexibility index (Phi) is 7.92. The van der Waals surface area contributed by atoms with E-state index in [4.69, 9.17) is 9.47 Å². The van der Waals surface area contributed by atoms with Gasteiger partial charge in [-0.2, -0.15) is 0 Å². The Morgan fingerprint density at radius 3 is 2.75 bits per heavy atom. The molecule has 1 N–H and O–H groups in total. The van der Waals surface area contributed by atoms with Gasteiger partial charge in [-0.05, 0) is 56.8 Å². The first-order chi connectivity index (χ1) is 13.7. The zero-order chi connectivity index (χ0) is 19.8. The molecule has 28 heavy (non-hydrogen) atoms. The predicted molar refractivity (Wildman–Crippen MR) is 114 cm³/mol. The van der Waals surface area contributed by atoms with Crippen LogP contribution in [0.2, 0.25) is 0 Å². The van der Waals surface area contributed by atoms with Gasteiger partial charge in [0.15, 0.2) is 11.5 Å². The molecule has 2 aromatic carbocycles. The van der Waals surface area contributed by atoms with E-state index in [2.05, 4.69) is 27.3 Å². The smallest absolute Gasteiger partial charge is 0.167 e. The highest BCUT2D eigenvalue weighted by Gasteiger charge is 2.15. The molecule has 3 nitrogen and oxygen atoms in total. The molecule has 1 aliphatic carbocycles. The van der Waals surface area contributed by atoms with Crippen LogP contribution in [0.5, 0.6) is 11.5 Å². The molecule has 0 heterocycles. The van der Waals surface area contributed by atoms with Gasteiger partial charge in [-0.1, -0.05) is 45.8 Å². The molecule has 0 aliphatic heterocycles. The molecule has 0 amide bonds. The molecule has 0 aromatic heterocycles. The normalized spacial score (nSPS) is 13.9. The maximum absolute atomic E-state index is 13.9. The van der Waals surface area contributed by atoms with E-state index in [0.29, 0.717) is 23.6 Å². The molecule has 2 aromatic rings. The number of halogens is 2. The Hall–Kier alpha value is -1.85. The van der Waals surface area contributed by atoms with Gasteiger partial charge in [-0.25, -0.2) is 4.39 Å². The van der Waals surface area contributed by atoms with E-state index in [1.165, 1.54) is 31.7 Å². The van der Waals surface area contributed by atoms with Crippen molar-refractivity contribution in [3.05, 3.63) is 69.5 Å². The van der Waals surface area contributed by atoms with Gasteiger partial charge in [0.05, 0.1) is 7.11 Å². The van der Waals surface area contributed by atoms with Crippen molar-refractivity contribution in [2.24, 2.45) is 0 Å². The monoisotopic (exact) mass is 447 g/mol. The zero-order valence-electron chi connectivity index (χ0n) is 16.3. The quantitative estimate of drug-likeness (QED) is 0.368. The fourth-order valence-corrected chi connectivity index (χ4v) is 3.88. The van der Waals surface area contributed by atoms with Crippen LogP contribution in [-0.2, 0) is 13.2 Å². The minimum Gasteiger partial charge on any atom is -0.493 e. The summed E-state index contributed by atoms with van der Waals surface area (Å²) in [5, 5.41) is 3.51. The summed E-state index contributed by atoms with van der Waals surface area (Å²) in [7, 11) is 1.62. The third kappa shape index (κ3) is 5.58. The van der Waals surface area contributed by atoms with Crippen molar-refractivity contribution in [1.29, 1.82) is 0 Å². The van der Waals surface area contributed by atoms with Crippen LogP contribution in [0.1, 0.15) is 43.2 Å². The molecule has 0 unspecified atom stereocenters. The van der Waals surface area contributed by atoms with E-state index in [-0.39, 0.29) is 12.4 Å². The van der Waals surface area contributed by atoms with Gasteiger partial charge in [-0.15, -0.1) is 0 Å². The lowest BCUT2D eigenvalue weighted by Gasteiger charge is -2.18. The molecule has 0 saturated carbocycles. The molecule has 150 valence electrons. The lowest BCUT2D eigenvalue weighted by molar-refractivity contribution is 0.275. The van der Waals surface area contributed by atoms with E-state index in [9.17, 15) is 4.39 Å². The lowest BCUT2D eigenvalue weighted by Crippen LogP contribution is -2.17. The second-order valence-corrected chi connectivity index (χ2v) is 7.83. The Balaban J connectivity index is 1.67. The van der Waals surface area contributed by atoms with Gasteiger partial charge in [0.1, 0.15) is 12.4 Å². The standard InChI is InChI=1S/C23H27BrFNO2/c1-27-22-12-11-20(24)19(15-26-14-13-17-7-3-2-4-8-17)23(22)28-16-18-9-5-6-10-21(18)25/h5-7,9-12,26H,2-4,8,13-16H2,1H3. The van der Waals surface area contributed by atoms with Crippen LogP contribution in [0.3, 0.4) is 0 Å². The Morgan fingerprint density at radius 1 is 1.14 bits per heavy atom. The fraction of sp³-hybridized carbons (Fsp3) is 0.391. The summed E-state index contributed by atoms with van der Waals surface area (Å²) in [4.78, 5) is 0. The summed E-state index contributed by atoms with van der Waals surface area (Å²) in [5.41, 5.74) is 3.06. The van der Waals surface area contributed by atoms with Crippen molar-refractivity contribution in [1.82, 2.24) is 5.32 Å². The van der Waals surface area contributed by atoms with Crippen molar-refractivity contribution in [3.8, 4) is 11.5 Å². The van der Waals surface area contributed by atoms with E-state index in [1.807, 2.05) is 18.2 Å². The van der Waals surface area contributed by atoms with Crippen LogP contribution in [0.25, 0.3) is 0 Å². The topological polar surface area (TPSA) is 30.5 Å². The molecule has 5 heteroatoms. The Morgan fingerprint density at radius 2 is 2.00 bits per heavy atom. The number of ether oxygens (including phenoxy) is 2. The molecule has 0 spiro atoms. The fourth-order valence-electron chi connectivity index (χ4n) is 3.43. The van der Waals surface area contributed by atoms with Crippen molar-refractivity contribution < 1.29 is 13.9 Å². The van der Waals surface area contributed by atoms with Crippen LogP contribution in [-0.4, -0.2) is 13.7 Å². The minimum atomic E-state index is -0.267. The van der Waals surface area contributed by atoms with E-state index in [1.54, 1.807) is 24.8 Å². The SMILES string of the molecule is COc1ccc(Br)c(CNCCC2=CCCCC2)c1OCc1ccccc1F. The second-order valence-electron chi connectivity index (χ2n) is 6.97. The zero-order valence-corrected chi connectivity index (χ0v) is 17.9. The van der Waals surface area contributed by atoms with Gasteiger partial charge in [0.25, 0.3) is 0 Å². The minimum absolute atomic E-state index is 0.152. The molecule has 0 atom stereocenters. The number of nitrogens with one attached hydrogen (secondary N) is 1. The molecule has 0 fully saturated rings. The van der Waals surface area contributed by atoms with Gasteiger partial charge in [-0.3, -0.25) is 0 Å². The molecule has 0 saturated heterocycles. The molecule has 3 rings (SSSR count). The maximum Gasteiger partial charge on any atom is 0.167 e. The third-order valence-corrected chi connectivity index (χ3v) is 5.77. The van der Waals surface area contributed by atoms with Crippen molar-refractivity contribution >= 4 is 15.9 Å². The first-order valence-corrected chi connectivity index (χ1v) is 10.6. The first-order valence-electron chi connectivity index (χ1n) is 9.79. The highest BCUT2D eigenvalue weighted by atomic mass is 79.9. The number of benzene rings is 2. The molecule has 1 aliphatic rings. The molecular weight excluding hydrogens is 421 g/mol. The molecular formula is C23H27BrFNO2. The van der Waals surface area contributed by atoms with E-state index >= 15 is 0 Å². The van der Waals surface area contributed by atoms with Gasteiger partial charge >= 0.3 is 0 Å². The average molecular weight is 448 g/mol. The summed E-state index contributed by atoms with van der Waals surface area (Å²) in [6.07, 6.45) is 8.52. The molecule has 0 bridgehead atoms. The average Bonchev–Trinajstić information content (AvgIpc) is 2.72. The van der Waals surface area contributed by atoms with Gasteiger partial charge < -0.3 is 14.8 Å². The highest BCUT2D eigenvalue weighted by Crippen LogP contribution is 2.37. The van der Waals surface area contributed by atoms with Crippen LogP contribution in [0.15, 0.2) is 52.5 Å². The van der Waals surface area contributed by atoms with Crippen LogP contribution in [0, 0.1) is 5.82 Å². The number of rotatable bonds is 9. The third-order valence-electron chi connectivity index (χ3n) is 5.03. The summed E-state index contributed by atoms with van der Waals surface area (Å²) < 4.78 is 26.4. The molecule has 0 radical (unpaired) electrons. The summed E-state index contributed by atoms with van der Waals surface area (Å²) >= 11 is 3.62. The maximum atomic E-state index is 13.9. The first kappa shape index (κ1) is 20.9. The van der Waals surface area contributed by atoms with Gasteiger partial charge in [0.2, 0.25) is 0 Å². The van der Waals surface area contributed by atoms with Crippen LogP contribution < -0.4 is 14.8 Å². The van der Waals surface area contributed by atoms with E-state index in [0.717, 1.165) is 23.0 Å². The summed E-state index contributed by atoms with van der Waals surface area (Å²) in [6, 6.07) is 10.5. The number of hydrogen-bond acceptors (Lipinski definition) is 3. The highest BCUT2D eigenvalue weighted by molar-refractivity contribution is 9.10. The van der Waals surface area contributed by atoms with Crippen molar-refractivity contribution in [2.75, 3.05) is 13.7 Å². The Bertz CT molecular complexity index is 822. The van der Waals surface area contributed by atoms with Gasteiger partial charge in [0, 0.05) is 22.1 Å². The largest absolute Gasteiger partial charge is 0.493 e. The van der Waals surface area contributed by atoms with E-state index < -0.39 is 0 Å². The second kappa shape index (κ2) is 10.6. The lowest BCUT2D eigenvalue weighted by atomic mass is 9.97. The van der Waals surface area contributed by atoms with Crippen molar-refractivity contribution in [2.45, 2.75) is 45.3 Å². The number of allylic oxidation sites excluding steroid dienone is 1. The number of methoxy groups -OCH3 is 1. The predicted octanol–water partition coefficient (Wildman–Crippen LogP) is 6.16. The number of hydrogen-bond donors (Lipinski definition) is 1. The summed E-state index contributed by atoms with van der Waals surface area (Å²) in [5.74, 6) is 1.02. The van der Waals surface area contributed by atoms with Crippen LogP contribution >= 0.6 is 15.9 Å². The van der Waals surface area contributed by atoms with Crippen LogP contribution in [0.4, 0.5) is 4.39 Å². The summed E-state index contributed by atoms with van der Waals surface area (Å²) in [6.45, 7) is 1.72.